The van der Waals surface area contributed by atoms with Gasteiger partial charge in [0.05, 0.1) is 21.2 Å². The number of rotatable bonds is 2. The zero-order valence-corrected chi connectivity index (χ0v) is 19.2. The van der Waals surface area contributed by atoms with Crippen molar-refractivity contribution >= 4 is 88.5 Å². The Morgan fingerprint density at radius 2 is 1.00 bits per heavy atom. The SMILES string of the molecule is O=C(OC(=O)c1cc(Cl)c(Br)c2ccccc12)c1cc(Cl)c(Br)c2ccccc12. The van der Waals surface area contributed by atoms with Gasteiger partial charge in [-0.15, -0.1) is 0 Å². The number of benzene rings is 4. The van der Waals surface area contributed by atoms with E-state index in [1.807, 2.05) is 24.3 Å². The Labute approximate surface area is 192 Å². The van der Waals surface area contributed by atoms with E-state index in [0.29, 0.717) is 29.8 Å². The summed E-state index contributed by atoms with van der Waals surface area (Å²) in [6.45, 7) is 0. The lowest BCUT2D eigenvalue weighted by molar-refractivity contribution is 0.0400. The Kier molecular flexibility index (Phi) is 5.67. The number of hydrogen-bond acceptors (Lipinski definition) is 3. The molecule has 0 saturated heterocycles. The predicted molar refractivity (Wildman–Crippen MR) is 123 cm³/mol. The molecule has 4 aromatic carbocycles. The number of ether oxygens (including phenoxy) is 1. The maximum absolute atomic E-state index is 12.8. The van der Waals surface area contributed by atoms with Crippen molar-refractivity contribution in [2.75, 3.05) is 0 Å². The first kappa shape index (κ1) is 20.4. The summed E-state index contributed by atoms with van der Waals surface area (Å²) >= 11 is 19.3. The number of carbonyl (C=O) groups excluding carboxylic acids is 2. The van der Waals surface area contributed by atoms with Crippen LogP contribution in [0.25, 0.3) is 21.5 Å². The van der Waals surface area contributed by atoms with Gasteiger partial charge in [-0.05, 0) is 65.5 Å². The van der Waals surface area contributed by atoms with E-state index >= 15 is 0 Å². The van der Waals surface area contributed by atoms with Gasteiger partial charge in [-0.1, -0.05) is 71.7 Å². The second-order valence-electron chi connectivity index (χ2n) is 6.21. The fourth-order valence-corrected chi connectivity index (χ4v) is 4.49. The zero-order valence-electron chi connectivity index (χ0n) is 14.5. The van der Waals surface area contributed by atoms with Gasteiger partial charge in [0.15, 0.2) is 0 Å². The third-order valence-electron chi connectivity index (χ3n) is 4.49. The van der Waals surface area contributed by atoms with Crippen LogP contribution in [0.3, 0.4) is 0 Å². The van der Waals surface area contributed by atoms with Crippen molar-refractivity contribution in [2.45, 2.75) is 0 Å². The summed E-state index contributed by atoms with van der Waals surface area (Å²) in [5.41, 5.74) is 0.407. The van der Waals surface area contributed by atoms with Gasteiger partial charge >= 0.3 is 11.9 Å². The lowest BCUT2D eigenvalue weighted by Crippen LogP contribution is -2.14. The van der Waals surface area contributed by atoms with E-state index in [1.54, 1.807) is 24.3 Å². The van der Waals surface area contributed by atoms with Crippen molar-refractivity contribution < 1.29 is 14.3 Å². The number of carbonyl (C=O) groups is 2. The average molecular weight is 553 g/mol. The van der Waals surface area contributed by atoms with Gasteiger partial charge in [-0.3, -0.25) is 0 Å². The van der Waals surface area contributed by atoms with Crippen molar-refractivity contribution in [3.8, 4) is 0 Å². The number of esters is 2. The lowest BCUT2D eigenvalue weighted by Gasteiger charge is -2.11. The Hall–Kier alpha value is -1.92. The van der Waals surface area contributed by atoms with Crippen molar-refractivity contribution in [3.63, 3.8) is 0 Å². The van der Waals surface area contributed by atoms with Gasteiger partial charge in [0, 0.05) is 8.95 Å². The van der Waals surface area contributed by atoms with E-state index < -0.39 is 11.9 Å². The molecule has 0 atom stereocenters. The zero-order chi connectivity index (χ0) is 20.7. The Morgan fingerprint density at radius 3 is 1.38 bits per heavy atom. The van der Waals surface area contributed by atoms with Crippen LogP contribution in [0.1, 0.15) is 20.7 Å². The molecule has 0 aromatic heterocycles. The molecule has 0 amide bonds. The molecular formula is C22H10Br2Cl2O3. The molecule has 29 heavy (non-hydrogen) atoms. The minimum atomic E-state index is -0.788. The maximum Gasteiger partial charge on any atom is 0.346 e. The highest BCUT2D eigenvalue weighted by Gasteiger charge is 2.22. The number of hydrogen-bond donors (Lipinski definition) is 0. The second-order valence-corrected chi connectivity index (χ2v) is 8.61. The van der Waals surface area contributed by atoms with E-state index in [-0.39, 0.29) is 11.1 Å². The Morgan fingerprint density at radius 1 is 0.655 bits per heavy atom. The smallest absolute Gasteiger partial charge is 0.346 e. The summed E-state index contributed by atoms with van der Waals surface area (Å²) in [6.07, 6.45) is 0. The Bertz CT molecular complexity index is 1220. The summed E-state index contributed by atoms with van der Waals surface area (Å²) in [4.78, 5) is 25.7. The van der Waals surface area contributed by atoms with Crippen molar-refractivity contribution in [3.05, 3.63) is 90.8 Å². The third kappa shape index (κ3) is 3.68. The van der Waals surface area contributed by atoms with Gasteiger partial charge < -0.3 is 4.74 Å². The predicted octanol–water partition coefficient (Wildman–Crippen LogP) is 7.82. The van der Waals surface area contributed by atoms with E-state index in [9.17, 15) is 9.59 Å². The van der Waals surface area contributed by atoms with Crippen molar-refractivity contribution in [1.82, 2.24) is 0 Å². The van der Waals surface area contributed by atoms with Crippen molar-refractivity contribution in [2.24, 2.45) is 0 Å². The molecule has 0 heterocycles. The molecule has 0 aliphatic heterocycles. The summed E-state index contributed by atoms with van der Waals surface area (Å²) in [7, 11) is 0. The largest absolute Gasteiger partial charge is 0.386 e. The second kappa shape index (κ2) is 8.07. The third-order valence-corrected chi connectivity index (χ3v) is 7.26. The standard InChI is InChI=1S/C22H10Br2Cl2O3/c23-19-13-7-3-1-5-11(13)15(9-17(19)25)21(27)29-22(28)16-10-18(26)20(24)14-8-4-2-6-12(14)16/h1-10H. The molecule has 0 bridgehead atoms. The molecule has 4 rings (SSSR count). The summed E-state index contributed by atoms with van der Waals surface area (Å²) < 4.78 is 6.54. The number of halogens is 4. The fourth-order valence-electron chi connectivity index (χ4n) is 3.14. The minimum Gasteiger partial charge on any atom is -0.386 e. The molecule has 4 aromatic rings. The highest BCUT2D eigenvalue weighted by molar-refractivity contribution is 9.11. The topological polar surface area (TPSA) is 43.4 Å². The van der Waals surface area contributed by atoms with Crippen LogP contribution in [0.5, 0.6) is 0 Å². The molecule has 0 unspecified atom stereocenters. The fraction of sp³-hybridized carbons (Fsp3) is 0. The lowest BCUT2D eigenvalue weighted by atomic mass is 10.0. The molecule has 0 radical (unpaired) electrons. The molecule has 0 fully saturated rings. The first-order chi connectivity index (χ1) is 13.9. The van der Waals surface area contributed by atoms with Gasteiger partial charge in [0.25, 0.3) is 0 Å². The molecule has 144 valence electrons. The molecule has 0 saturated carbocycles. The molecule has 0 N–H and O–H groups in total. The van der Waals surface area contributed by atoms with Gasteiger partial charge in [-0.2, -0.15) is 0 Å². The van der Waals surface area contributed by atoms with Crippen molar-refractivity contribution in [1.29, 1.82) is 0 Å². The van der Waals surface area contributed by atoms with Crippen LogP contribution < -0.4 is 0 Å². The molecule has 3 nitrogen and oxygen atoms in total. The minimum absolute atomic E-state index is 0.203. The van der Waals surface area contributed by atoms with Crippen LogP contribution in [0.15, 0.2) is 69.6 Å². The van der Waals surface area contributed by atoms with Gasteiger partial charge in [0.1, 0.15) is 0 Å². The monoisotopic (exact) mass is 550 g/mol. The van der Waals surface area contributed by atoms with Gasteiger partial charge in [-0.25, -0.2) is 9.59 Å². The van der Waals surface area contributed by atoms with Crippen LogP contribution in [0.2, 0.25) is 10.0 Å². The molecule has 7 heteroatoms. The van der Waals surface area contributed by atoms with E-state index in [2.05, 4.69) is 31.9 Å². The average Bonchev–Trinajstić information content (AvgIpc) is 2.73. The van der Waals surface area contributed by atoms with Crippen LogP contribution in [-0.4, -0.2) is 11.9 Å². The number of fused-ring (bicyclic) bond motifs is 2. The normalized spacial score (nSPS) is 11.0. The van der Waals surface area contributed by atoms with E-state index in [0.717, 1.165) is 10.8 Å². The van der Waals surface area contributed by atoms with Crippen LogP contribution in [0.4, 0.5) is 0 Å². The first-order valence-corrected chi connectivity index (χ1v) is 10.7. The highest BCUT2D eigenvalue weighted by atomic mass is 79.9. The maximum atomic E-state index is 12.8. The summed E-state index contributed by atoms with van der Waals surface area (Å²) in [6, 6.07) is 17.4. The van der Waals surface area contributed by atoms with Crippen LogP contribution in [0, 0.1) is 0 Å². The Balaban J connectivity index is 1.77. The van der Waals surface area contributed by atoms with E-state index in [1.165, 1.54) is 12.1 Å². The summed E-state index contributed by atoms with van der Waals surface area (Å²) in [5.74, 6) is -1.58. The van der Waals surface area contributed by atoms with E-state index in [4.69, 9.17) is 27.9 Å². The molecule has 0 spiro atoms. The highest BCUT2D eigenvalue weighted by Crippen LogP contribution is 2.36. The molecule has 0 aliphatic carbocycles. The molecule has 0 aliphatic rings. The van der Waals surface area contributed by atoms with Crippen LogP contribution >= 0.6 is 55.1 Å². The summed E-state index contributed by atoms with van der Waals surface area (Å²) in [5, 5.41) is 3.44. The molecular weight excluding hydrogens is 543 g/mol. The van der Waals surface area contributed by atoms with Gasteiger partial charge in [0.2, 0.25) is 0 Å². The van der Waals surface area contributed by atoms with Crippen LogP contribution in [-0.2, 0) is 4.74 Å². The quantitative estimate of drug-likeness (QED) is 0.188. The first-order valence-electron chi connectivity index (χ1n) is 8.38.